The largest absolute Gasteiger partial charge is 0.468 e. The van der Waals surface area contributed by atoms with Crippen LogP contribution in [0.2, 0.25) is 0 Å². The Morgan fingerprint density at radius 2 is 2.08 bits per heavy atom. The second-order valence-corrected chi connectivity index (χ2v) is 3.16. The Labute approximate surface area is 72.1 Å². The number of ketones is 1. The van der Waals surface area contributed by atoms with Crippen LogP contribution in [0, 0.1) is 11.8 Å². The molecule has 0 aliphatic heterocycles. The van der Waals surface area contributed by atoms with Crippen molar-refractivity contribution < 1.29 is 14.3 Å². The molecule has 0 spiro atoms. The SMILES string of the molecule is CCC(C(=O)OC)C(=O)C1CC1. The van der Waals surface area contributed by atoms with Gasteiger partial charge in [0.1, 0.15) is 11.7 Å². The summed E-state index contributed by atoms with van der Waals surface area (Å²) in [6, 6.07) is 0. The van der Waals surface area contributed by atoms with Crippen molar-refractivity contribution in [2.24, 2.45) is 11.8 Å². The molecule has 0 bridgehead atoms. The van der Waals surface area contributed by atoms with Crippen molar-refractivity contribution in [3.8, 4) is 0 Å². The molecule has 12 heavy (non-hydrogen) atoms. The van der Waals surface area contributed by atoms with Crippen molar-refractivity contribution in [2.75, 3.05) is 7.11 Å². The first-order valence-corrected chi connectivity index (χ1v) is 4.32. The van der Waals surface area contributed by atoms with E-state index in [1.165, 1.54) is 7.11 Å². The number of hydrogen-bond acceptors (Lipinski definition) is 3. The van der Waals surface area contributed by atoms with E-state index in [1.807, 2.05) is 6.92 Å². The number of carbonyl (C=O) groups excluding carboxylic acids is 2. The zero-order valence-corrected chi connectivity index (χ0v) is 7.50. The smallest absolute Gasteiger partial charge is 0.316 e. The Kier molecular flexibility index (Phi) is 2.84. The van der Waals surface area contributed by atoms with E-state index in [-0.39, 0.29) is 17.7 Å². The summed E-state index contributed by atoms with van der Waals surface area (Å²) in [5, 5.41) is 0. The fourth-order valence-electron chi connectivity index (χ4n) is 1.28. The average Bonchev–Trinajstić information content (AvgIpc) is 2.87. The van der Waals surface area contributed by atoms with E-state index in [1.54, 1.807) is 0 Å². The highest BCUT2D eigenvalue weighted by Gasteiger charge is 2.37. The molecule has 1 fully saturated rings. The minimum Gasteiger partial charge on any atom is -0.468 e. The van der Waals surface area contributed by atoms with Crippen molar-refractivity contribution in [1.82, 2.24) is 0 Å². The van der Waals surface area contributed by atoms with Crippen LogP contribution in [0.3, 0.4) is 0 Å². The van der Waals surface area contributed by atoms with Gasteiger partial charge in [-0.2, -0.15) is 0 Å². The minimum absolute atomic E-state index is 0.0735. The van der Waals surface area contributed by atoms with Gasteiger partial charge in [0, 0.05) is 5.92 Å². The Balaban J connectivity index is 2.53. The first-order chi connectivity index (χ1) is 5.70. The number of esters is 1. The van der Waals surface area contributed by atoms with E-state index in [4.69, 9.17) is 0 Å². The van der Waals surface area contributed by atoms with Crippen LogP contribution in [0.15, 0.2) is 0 Å². The van der Waals surface area contributed by atoms with Crippen molar-refractivity contribution in [1.29, 1.82) is 0 Å². The Morgan fingerprint density at radius 3 is 2.42 bits per heavy atom. The minimum atomic E-state index is -0.512. The lowest BCUT2D eigenvalue weighted by Gasteiger charge is -2.09. The van der Waals surface area contributed by atoms with Crippen molar-refractivity contribution in [3.63, 3.8) is 0 Å². The fourth-order valence-corrected chi connectivity index (χ4v) is 1.28. The lowest BCUT2D eigenvalue weighted by Crippen LogP contribution is -2.25. The quantitative estimate of drug-likeness (QED) is 0.469. The molecule has 0 saturated heterocycles. The van der Waals surface area contributed by atoms with Gasteiger partial charge in [-0.05, 0) is 19.3 Å². The van der Waals surface area contributed by atoms with Gasteiger partial charge in [-0.3, -0.25) is 9.59 Å². The maximum atomic E-state index is 11.4. The van der Waals surface area contributed by atoms with Crippen LogP contribution >= 0.6 is 0 Å². The van der Waals surface area contributed by atoms with Crippen molar-refractivity contribution in [2.45, 2.75) is 26.2 Å². The molecule has 0 heterocycles. The predicted octanol–water partition coefficient (Wildman–Crippen LogP) is 1.16. The van der Waals surface area contributed by atoms with Gasteiger partial charge in [-0.25, -0.2) is 0 Å². The topological polar surface area (TPSA) is 43.4 Å². The van der Waals surface area contributed by atoms with Gasteiger partial charge < -0.3 is 4.74 Å². The summed E-state index contributed by atoms with van der Waals surface area (Å²) >= 11 is 0. The van der Waals surface area contributed by atoms with Gasteiger partial charge in [-0.1, -0.05) is 6.92 Å². The Hall–Kier alpha value is -0.860. The van der Waals surface area contributed by atoms with E-state index >= 15 is 0 Å². The fraction of sp³-hybridized carbons (Fsp3) is 0.778. The van der Waals surface area contributed by atoms with Crippen molar-refractivity contribution >= 4 is 11.8 Å². The van der Waals surface area contributed by atoms with Gasteiger partial charge >= 0.3 is 5.97 Å². The monoisotopic (exact) mass is 170 g/mol. The molecule has 0 aromatic heterocycles. The number of Topliss-reactive ketones (excluding diaryl/α,β-unsaturated/α-hetero) is 1. The molecule has 1 atom stereocenters. The zero-order chi connectivity index (χ0) is 9.14. The first-order valence-electron chi connectivity index (χ1n) is 4.32. The summed E-state index contributed by atoms with van der Waals surface area (Å²) in [6.45, 7) is 1.84. The summed E-state index contributed by atoms with van der Waals surface area (Å²) in [5.74, 6) is -0.671. The lowest BCUT2D eigenvalue weighted by atomic mass is 9.98. The molecule has 1 aliphatic carbocycles. The van der Waals surface area contributed by atoms with Gasteiger partial charge in [0.2, 0.25) is 0 Å². The number of methoxy groups -OCH3 is 1. The second-order valence-electron chi connectivity index (χ2n) is 3.16. The third kappa shape index (κ3) is 1.84. The summed E-state index contributed by atoms with van der Waals surface area (Å²) in [6.07, 6.45) is 2.46. The molecule has 1 aliphatic rings. The summed E-state index contributed by atoms with van der Waals surface area (Å²) < 4.78 is 4.54. The van der Waals surface area contributed by atoms with Gasteiger partial charge in [0.15, 0.2) is 0 Å². The molecule has 1 unspecified atom stereocenters. The normalized spacial score (nSPS) is 18.5. The molecule has 1 saturated carbocycles. The number of rotatable bonds is 4. The van der Waals surface area contributed by atoms with E-state index in [0.29, 0.717) is 6.42 Å². The summed E-state index contributed by atoms with van der Waals surface area (Å²) in [4.78, 5) is 22.5. The maximum Gasteiger partial charge on any atom is 0.316 e. The van der Waals surface area contributed by atoms with Crippen molar-refractivity contribution in [3.05, 3.63) is 0 Å². The highest BCUT2D eigenvalue weighted by molar-refractivity contribution is 6.01. The Morgan fingerprint density at radius 1 is 1.50 bits per heavy atom. The molecule has 0 aromatic rings. The van der Waals surface area contributed by atoms with Crippen LogP contribution in [0.5, 0.6) is 0 Å². The number of carbonyl (C=O) groups is 2. The van der Waals surface area contributed by atoms with Crippen LogP contribution < -0.4 is 0 Å². The third-order valence-corrected chi connectivity index (χ3v) is 2.22. The van der Waals surface area contributed by atoms with E-state index in [0.717, 1.165) is 12.8 Å². The molecule has 68 valence electrons. The van der Waals surface area contributed by atoms with E-state index < -0.39 is 5.92 Å². The maximum absolute atomic E-state index is 11.4. The summed E-state index contributed by atoms with van der Waals surface area (Å²) in [7, 11) is 1.32. The third-order valence-electron chi connectivity index (χ3n) is 2.22. The predicted molar refractivity (Wildman–Crippen MR) is 43.5 cm³/mol. The highest BCUT2D eigenvalue weighted by atomic mass is 16.5. The molecule has 0 aromatic carbocycles. The first kappa shape index (κ1) is 9.23. The average molecular weight is 170 g/mol. The molecule has 0 amide bonds. The zero-order valence-electron chi connectivity index (χ0n) is 7.50. The van der Waals surface area contributed by atoms with Gasteiger partial charge in [0.25, 0.3) is 0 Å². The van der Waals surface area contributed by atoms with Crippen LogP contribution in [0.1, 0.15) is 26.2 Å². The van der Waals surface area contributed by atoms with E-state index in [9.17, 15) is 9.59 Å². The highest BCUT2D eigenvalue weighted by Crippen LogP contribution is 2.33. The van der Waals surface area contributed by atoms with Crippen LogP contribution in [-0.4, -0.2) is 18.9 Å². The molecule has 3 heteroatoms. The molecule has 0 N–H and O–H groups in total. The number of hydrogen-bond donors (Lipinski definition) is 0. The molecular weight excluding hydrogens is 156 g/mol. The van der Waals surface area contributed by atoms with Crippen LogP contribution in [0.25, 0.3) is 0 Å². The standard InChI is InChI=1S/C9H14O3/c1-3-7(9(11)12-2)8(10)6-4-5-6/h6-7H,3-5H2,1-2H3. The van der Waals surface area contributed by atoms with Crippen LogP contribution in [-0.2, 0) is 14.3 Å². The van der Waals surface area contributed by atoms with Gasteiger partial charge in [0.05, 0.1) is 7.11 Å². The summed E-state index contributed by atoms with van der Waals surface area (Å²) in [5.41, 5.74) is 0. The van der Waals surface area contributed by atoms with Gasteiger partial charge in [-0.15, -0.1) is 0 Å². The molecular formula is C9H14O3. The molecule has 3 nitrogen and oxygen atoms in total. The number of ether oxygens (including phenoxy) is 1. The lowest BCUT2D eigenvalue weighted by molar-refractivity contribution is -0.149. The van der Waals surface area contributed by atoms with E-state index in [2.05, 4.69) is 4.74 Å². The Bertz CT molecular complexity index is 194. The molecule has 1 rings (SSSR count). The molecule has 0 radical (unpaired) electrons. The van der Waals surface area contributed by atoms with Crippen LogP contribution in [0.4, 0.5) is 0 Å². The second kappa shape index (κ2) is 3.70.